The first-order chi connectivity index (χ1) is 14.8. The molecule has 174 valence electrons. The molecule has 1 heterocycles. The first-order valence-corrected chi connectivity index (χ1v) is 12.1. The topological polar surface area (TPSA) is 40.5 Å². The SMILES string of the molecule is C=C(CC)CCC(C(=C)C)N1CCc2cc(C)ccc2C1=O.CCC.OCC1CCC1. The number of hydrogen-bond donors (Lipinski definition) is 1. The number of fused-ring (bicyclic) bond motifs is 1. The summed E-state index contributed by atoms with van der Waals surface area (Å²) in [5.41, 5.74) is 5.56. The number of aliphatic hydroxyl groups excluding tert-OH is 1. The van der Waals surface area contributed by atoms with Gasteiger partial charge < -0.3 is 10.0 Å². The van der Waals surface area contributed by atoms with Gasteiger partial charge in [0.15, 0.2) is 0 Å². The van der Waals surface area contributed by atoms with Gasteiger partial charge in [0.2, 0.25) is 0 Å². The summed E-state index contributed by atoms with van der Waals surface area (Å²) in [4.78, 5) is 14.9. The number of allylic oxidation sites excluding steroid dienone is 1. The van der Waals surface area contributed by atoms with E-state index in [1.165, 1.54) is 42.4 Å². The molecule has 1 unspecified atom stereocenters. The molecule has 1 atom stereocenters. The Morgan fingerprint density at radius 2 is 1.87 bits per heavy atom. The van der Waals surface area contributed by atoms with Crippen molar-refractivity contribution in [2.75, 3.05) is 13.2 Å². The number of carbonyl (C=O) groups excluding carboxylic acids is 1. The molecule has 1 saturated carbocycles. The number of nitrogens with zero attached hydrogens (tertiary/aromatic N) is 1. The highest BCUT2D eigenvalue weighted by atomic mass is 16.3. The average Bonchev–Trinajstić information content (AvgIpc) is 2.69. The van der Waals surface area contributed by atoms with E-state index in [9.17, 15) is 4.79 Å². The van der Waals surface area contributed by atoms with Crippen LogP contribution in [0.15, 0.2) is 42.5 Å². The predicted molar refractivity (Wildman–Crippen MR) is 134 cm³/mol. The van der Waals surface area contributed by atoms with Crippen LogP contribution < -0.4 is 0 Å². The molecular formula is C28H45NO2. The molecule has 0 aromatic heterocycles. The van der Waals surface area contributed by atoms with E-state index in [4.69, 9.17) is 5.11 Å². The van der Waals surface area contributed by atoms with E-state index in [0.717, 1.165) is 43.4 Å². The van der Waals surface area contributed by atoms with Crippen LogP contribution in [0.5, 0.6) is 0 Å². The molecule has 1 aliphatic heterocycles. The van der Waals surface area contributed by atoms with E-state index >= 15 is 0 Å². The minimum Gasteiger partial charge on any atom is -0.396 e. The predicted octanol–water partition coefficient (Wildman–Crippen LogP) is 6.88. The van der Waals surface area contributed by atoms with Gasteiger partial charge in [-0.25, -0.2) is 0 Å². The summed E-state index contributed by atoms with van der Waals surface area (Å²) in [5, 5.41) is 8.39. The summed E-state index contributed by atoms with van der Waals surface area (Å²) in [5.74, 6) is 0.821. The monoisotopic (exact) mass is 427 g/mol. The van der Waals surface area contributed by atoms with Crippen LogP contribution >= 0.6 is 0 Å². The van der Waals surface area contributed by atoms with Crippen LogP contribution in [-0.4, -0.2) is 35.1 Å². The number of hydrogen-bond acceptors (Lipinski definition) is 2. The maximum absolute atomic E-state index is 12.9. The van der Waals surface area contributed by atoms with Gasteiger partial charge in [-0.15, -0.1) is 0 Å². The van der Waals surface area contributed by atoms with E-state index in [2.05, 4.69) is 46.9 Å². The third-order valence-corrected chi connectivity index (χ3v) is 6.07. The fourth-order valence-corrected chi connectivity index (χ4v) is 3.79. The van der Waals surface area contributed by atoms with Gasteiger partial charge in [0, 0.05) is 18.7 Å². The molecule has 31 heavy (non-hydrogen) atoms. The first kappa shape index (κ1) is 27.2. The first-order valence-electron chi connectivity index (χ1n) is 12.1. The zero-order valence-electron chi connectivity index (χ0n) is 20.7. The second-order valence-corrected chi connectivity index (χ2v) is 9.10. The van der Waals surface area contributed by atoms with Gasteiger partial charge in [-0.2, -0.15) is 0 Å². The minimum absolute atomic E-state index is 0.116. The zero-order chi connectivity index (χ0) is 23.4. The molecular weight excluding hydrogens is 382 g/mol. The molecule has 0 bridgehead atoms. The molecule has 1 aromatic rings. The highest BCUT2D eigenvalue weighted by Crippen LogP contribution is 2.27. The second kappa shape index (κ2) is 14.2. The molecule has 1 aliphatic carbocycles. The Labute approximate surface area is 191 Å². The minimum atomic E-state index is 0.116. The van der Waals surface area contributed by atoms with Crippen LogP contribution in [0.4, 0.5) is 0 Å². The van der Waals surface area contributed by atoms with Gasteiger partial charge in [0.25, 0.3) is 5.91 Å². The largest absolute Gasteiger partial charge is 0.396 e. The lowest BCUT2D eigenvalue weighted by Crippen LogP contribution is -2.45. The molecule has 0 radical (unpaired) electrons. The molecule has 1 amide bonds. The summed E-state index contributed by atoms with van der Waals surface area (Å²) in [7, 11) is 0. The molecule has 3 rings (SSSR count). The summed E-state index contributed by atoms with van der Waals surface area (Å²) in [6.45, 7) is 19.9. The Hall–Kier alpha value is -1.87. The molecule has 1 aromatic carbocycles. The van der Waals surface area contributed by atoms with Gasteiger partial charge in [0.1, 0.15) is 0 Å². The van der Waals surface area contributed by atoms with Crippen LogP contribution in [-0.2, 0) is 6.42 Å². The maximum Gasteiger partial charge on any atom is 0.254 e. The molecule has 3 heteroatoms. The number of amides is 1. The summed E-state index contributed by atoms with van der Waals surface area (Å²) >= 11 is 0. The Balaban J connectivity index is 0.000000444. The standard InChI is InChI=1S/C20H27NO.C5H10O.C3H8/c1-6-15(4)8-10-19(14(2)3)21-12-11-17-13-16(5)7-9-18(17)20(21)22;6-4-5-2-1-3-5;1-3-2/h7,9,13,19H,2,4,6,8,10-12H2,1,3,5H3;5-6H,1-4H2;3H2,1-2H3. The van der Waals surface area contributed by atoms with Crippen molar-refractivity contribution < 1.29 is 9.90 Å². The Morgan fingerprint density at radius 3 is 2.32 bits per heavy atom. The summed E-state index contributed by atoms with van der Waals surface area (Å²) in [6.07, 6.45) is 8.92. The highest BCUT2D eigenvalue weighted by molar-refractivity contribution is 5.97. The van der Waals surface area contributed by atoms with E-state index in [1.54, 1.807) is 0 Å². The number of aryl methyl sites for hydroxylation is 1. The van der Waals surface area contributed by atoms with Crippen LogP contribution in [0.3, 0.4) is 0 Å². The van der Waals surface area contributed by atoms with Crippen molar-refractivity contribution in [3.8, 4) is 0 Å². The fourth-order valence-electron chi connectivity index (χ4n) is 3.79. The molecule has 3 nitrogen and oxygen atoms in total. The van der Waals surface area contributed by atoms with E-state index in [-0.39, 0.29) is 11.9 Å². The summed E-state index contributed by atoms with van der Waals surface area (Å²) in [6, 6.07) is 6.25. The Morgan fingerprint density at radius 1 is 1.23 bits per heavy atom. The quantitative estimate of drug-likeness (QED) is 0.482. The summed E-state index contributed by atoms with van der Waals surface area (Å²) < 4.78 is 0. The lowest BCUT2D eigenvalue weighted by atomic mass is 9.86. The van der Waals surface area contributed by atoms with E-state index in [0.29, 0.717) is 12.5 Å². The van der Waals surface area contributed by atoms with Crippen molar-refractivity contribution >= 4 is 5.91 Å². The van der Waals surface area contributed by atoms with Crippen molar-refractivity contribution in [1.82, 2.24) is 4.90 Å². The van der Waals surface area contributed by atoms with E-state index in [1.807, 2.05) is 24.0 Å². The van der Waals surface area contributed by atoms with Gasteiger partial charge >= 0.3 is 0 Å². The molecule has 0 spiro atoms. The lowest BCUT2D eigenvalue weighted by Gasteiger charge is -2.36. The van der Waals surface area contributed by atoms with Crippen molar-refractivity contribution in [1.29, 1.82) is 0 Å². The molecule has 0 saturated heterocycles. The van der Waals surface area contributed by atoms with E-state index < -0.39 is 0 Å². The van der Waals surface area contributed by atoms with Crippen molar-refractivity contribution in [2.45, 2.75) is 92.0 Å². The molecule has 1 fully saturated rings. The van der Waals surface area contributed by atoms with Crippen LogP contribution in [0.1, 0.15) is 94.1 Å². The molecule has 2 aliphatic rings. The van der Waals surface area contributed by atoms with Gasteiger partial charge in [-0.3, -0.25) is 4.79 Å². The Bertz CT molecular complexity index is 715. The lowest BCUT2D eigenvalue weighted by molar-refractivity contribution is 0.0680. The highest BCUT2D eigenvalue weighted by Gasteiger charge is 2.30. The normalized spacial score (nSPS) is 16.1. The van der Waals surface area contributed by atoms with Gasteiger partial charge in [-0.1, -0.05) is 75.6 Å². The van der Waals surface area contributed by atoms with Gasteiger partial charge in [0.05, 0.1) is 6.04 Å². The zero-order valence-corrected chi connectivity index (χ0v) is 20.7. The van der Waals surface area contributed by atoms with Crippen LogP contribution in [0.25, 0.3) is 0 Å². The van der Waals surface area contributed by atoms with Gasteiger partial charge in [-0.05, 0) is 69.9 Å². The third kappa shape index (κ3) is 8.65. The number of rotatable bonds is 7. The van der Waals surface area contributed by atoms with Crippen LogP contribution in [0.2, 0.25) is 0 Å². The number of carbonyl (C=O) groups is 1. The maximum atomic E-state index is 12.9. The van der Waals surface area contributed by atoms with Crippen molar-refractivity contribution in [3.05, 3.63) is 59.2 Å². The molecule has 1 N–H and O–H groups in total. The third-order valence-electron chi connectivity index (χ3n) is 6.07. The van der Waals surface area contributed by atoms with Crippen molar-refractivity contribution in [3.63, 3.8) is 0 Å². The van der Waals surface area contributed by atoms with Crippen LogP contribution in [0, 0.1) is 12.8 Å². The average molecular weight is 428 g/mol. The smallest absolute Gasteiger partial charge is 0.254 e. The number of aliphatic hydroxyl groups is 1. The second-order valence-electron chi connectivity index (χ2n) is 9.10. The Kier molecular flexibility index (Phi) is 12.5. The number of benzene rings is 1. The van der Waals surface area contributed by atoms with Crippen molar-refractivity contribution in [2.24, 2.45) is 5.92 Å². The fraction of sp³-hybridized carbons (Fsp3) is 0.607.